The molecule has 0 atom stereocenters. The molecule has 1 aliphatic rings. The molecule has 2 aromatic rings. The molecule has 0 radical (unpaired) electrons. The Bertz CT molecular complexity index is 567. The van der Waals surface area contributed by atoms with Gasteiger partial charge in [0.05, 0.1) is 16.9 Å². The molecular formula is C14H17ClN2. The molecular weight excluding hydrogens is 232 g/mol. The molecule has 90 valence electrons. The fourth-order valence-corrected chi connectivity index (χ4v) is 2.57. The van der Waals surface area contributed by atoms with Gasteiger partial charge in [-0.05, 0) is 36.8 Å². The summed E-state index contributed by atoms with van der Waals surface area (Å²) in [6.45, 7) is 5.50. The first kappa shape index (κ1) is 11.1. The van der Waals surface area contributed by atoms with Gasteiger partial charge in [-0.3, -0.25) is 0 Å². The number of alkyl halides is 1. The summed E-state index contributed by atoms with van der Waals surface area (Å²) >= 11 is 6.02. The molecule has 0 bridgehead atoms. The molecule has 0 unspecified atom stereocenters. The largest absolute Gasteiger partial charge is 0.326 e. The summed E-state index contributed by atoms with van der Waals surface area (Å²) in [6, 6.07) is 6.36. The number of fused-ring (bicyclic) bond motifs is 1. The van der Waals surface area contributed by atoms with E-state index in [1.165, 1.54) is 23.9 Å². The molecule has 1 aromatic carbocycles. The zero-order valence-electron chi connectivity index (χ0n) is 10.3. The smallest absolute Gasteiger partial charge is 0.124 e. The van der Waals surface area contributed by atoms with Crippen LogP contribution in [0.15, 0.2) is 18.2 Å². The number of rotatable bonds is 3. The summed E-state index contributed by atoms with van der Waals surface area (Å²) in [5, 5.41) is 0. The first-order valence-electron chi connectivity index (χ1n) is 6.14. The third-order valence-electron chi connectivity index (χ3n) is 3.82. The molecule has 1 aliphatic carbocycles. The summed E-state index contributed by atoms with van der Waals surface area (Å²) < 4.78 is 2.31. The van der Waals surface area contributed by atoms with Crippen molar-refractivity contribution in [2.45, 2.75) is 39.1 Å². The Balaban J connectivity index is 2.16. The van der Waals surface area contributed by atoms with Gasteiger partial charge in [0.1, 0.15) is 5.82 Å². The van der Waals surface area contributed by atoms with E-state index in [0.29, 0.717) is 11.3 Å². The predicted molar refractivity (Wildman–Crippen MR) is 71.4 cm³/mol. The van der Waals surface area contributed by atoms with E-state index in [-0.39, 0.29) is 0 Å². The topological polar surface area (TPSA) is 17.8 Å². The van der Waals surface area contributed by atoms with Gasteiger partial charge in [0, 0.05) is 6.54 Å². The highest BCUT2D eigenvalue weighted by atomic mass is 35.5. The maximum atomic E-state index is 6.02. The molecule has 0 saturated heterocycles. The van der Waals surface area contributed by atoms with E-state index in [2.05, 4.69) is 41.6 Å². The summed E-state index contributed by atoms with van der Waals surface area (Å²) in [4.78, 5) is 4.67. The Labute approximate surface area is 107 Å². The molecule has 17 heavy (non-hydrogen) atoms. The quantitative estimate of drug-likeness (QED) is 0.754. The zero-order valence-corrected chi connectivity index (χ0v) is 11.1. The van der Waals surface area contributed by atoms with E-state index in [9.17, 15) is 0 Å². The zero-order chi connectivity index (χ0) is 12.0. The molecule has 0 N–H and O–H groups in total. The molecule has 0 aliphatic heterocycles. The van der Waals surface area contributed by atoms with E-state index < -0.39 is 0 Å². The van der Waals surface area contributed by atoms with Crippen molar-refractivity contribution in [3.8, 4) is 0 Å². The minimum atomic E-state index is 0.470. The van der Waals surface area contributed by atoms with Crippen molar-refractivity contribution in [3.05, 3.63) is 29.6 Å². The van der Waals surface area contributed by atoms with Gasteiger partial charge < -0.3 is 4.57 Å². The van der Waals surface area contributed by atoms with Crippen molar-refractivity contribution in [1.82, 2.24) is 9.55 Å². The van der Waals surface area contributed by atoms with E-state index in [1.54, 1.807) is 0 Å². The highest BCUT2D eigenvalue weighted by Gasteiger charge is 2.38. The van der Waals surface area contributed by atoms with Crippen molar-refractivity contribution < 1.29 is 0 Å². The van der Waals surface area contributed by atoms with Crippen LogP contribution in [0.3, 0.4) is 0 Å². The molecule has 3 heteroatoms. The summed E-state index contributed by atoms with van der Waals surface area (Å²) in [5.41, 5.74) is 4.03. The molecule has 1 saturated carbocycles. The Kier molecular flexibility index (Phi) is 2.44. The average molecular weight is 249 g/mol. The monoisotopic (exact) mass is 248 g/mol. The lowest BCUT2D eigenvalue weighted by Crippen LogP contribution is -2.10. The van der Waals surface area contributed by atoms with Crippen LogP contribution in [0.5, 0.6) is 0 Å². The normalized spacial score (nSPS) is 17.6. The van der Waals surface area contributed by atoms with Crippen molar-refractivity contribution >= 4 is 22.6 Å². The Hall–Kier alpha value is -1.02. The highest BCUT2D eigenvalue weighted by Crippen LogP contribution is 2.47. The van der Waals surface area contributed by atoms with E-state index in [4.69, 9.17) is 11.6 Å². The average Bonchev–Trinajstić information content (AvgIpc) is 2.92. The van der Waals surface area contributed by atoms with Gasteiger partial charge in [0.25, 0.3) is 0 Å². The number of halogens is 1. The molecule has 0 amide bonds. The maximum Gasteiger partial charge on any atom is 0.124 e. The second-order valence-electron chi connectivity index (χ2n) is 5.50. The number of nitrogens with zero attached hydrogens (tertiary/aromatic N) is 2. The van der Waals surface area contributed by atoms with Gasteiger partial charge in [0.15, 0.2) is 0 Å². The van der Waals surface area contributed by atoms with Crippen molar-refractivity contribution in [3.63, 3.8) is 0 Å². The van der Waals surface area contributed by atoms with Crippen LogP contribution < -0.4 is 0 Å². The van der Waals surface area contributed by atoms with Gasteiger partial charge in [-0.1, -0.05) is 19.1 Å². The van der Waals surface area contributed by atoms with Gasteiger partial charge in [-0.15, -0.1) is 11.6 Å². The molecule has 1 aromatic heterocycles. The van der Waals surface area contributed by atoms with Gasteiger partial charge >= 0.3 is 0 Å². The van der Waals surface area contributed by atoms with E-state index in [0.717, 1.165) is 17.9 Å². The highest BCUT2D eigenvalue weighted by molar-refractivity contribution is 6.16. The summed E-state index contributed by atoms with van der Waals surface area (Å²) in [7, 11) is 0. The Morgan fingerprint density at radius 3 is 2.82 bits per heavy atom. The molecule has 0 spiro atoms. The van der Waals surface area contributed by atoms with Crippen molar-refractivity contribution in [2.24, 2.45) is 5.41 Å². The number of hydrogen-bond donors (Lipinski definition) is 0. The third-order valence-corrected chi connectivity index (χ3v) is 4.06. The van der Waals surface area contributed by atoms with Crippen LogP contribution in [0.25, 0.3) is 11.0 Å². The minimum Gasteiger partial charge on any atom is -0.326 e. The van der Waals surface area contributed by atoms with Crippen LogP contribution in [0.4, 0.5) is 0 Å². The lowest BCUT2D eigenvalue weighted by atomic mass is 10.1. The predicted octanol–water partition coefficient (Wildman–Crippen LogP) is 3.88. The molecule has 3 rings (SSSR count). The van der Waals surface area contributed by atoms with Crippen LogP contribution in [-0.2, 0) is 12.4 Å². The van der Waals surface area contributed by atoms with Gasteiger partial charge in [0.2, 0.25) is 0 Å². The van der Waals surface area contributed by atoms with Crippen molar-refractivity contribution in [1.29, 1.82) is 0 Å². The lowest BCUT2D eigenvalue weighted by molar-refractivity contribution is 0.465. The number of benzene rings is 1. The Morgan fingerprint density at radius 1 is 1.41 bits per heavy atom. The second kappa shape index (κ2) is 3.74. The van der Waals surface area contributed by atoms with E-state index in [1.807, 2.05) is 0 Å². The third kappa shape index (κ3) is 1.85. The number of para-hydroxylation sites is 1. The first-order valence-corrected chi connectivity index (χ1v) is 6.67. The number of aryl methyl sites for hydroxylation is 1. The van der Waals surface area contributed by atoms with Gasteiger partial charge in [-0.25, -0.2) is 4.98 Å². The summed E-state index contributed by atoms with van der Waals surface area (Å²) in [6.07, 6.45) is 2.64. The van der Waals surface area contributed by atoms with E-state index >= 15 is 0 Å². The van der Waals surface area contributed by atoms with Crippen LogP contribution in [0, 0.1) is 12.3 Å². The number of aromatic nitrogens is 2. The molecule has 1 fully saturated rings. The fraction of sp³-hybridized carbons (Fsp3) is 0.500. The molecule has 2 nitrogen and oxygen atoms in total. The van der Waals surface area contributed by atoms with Crippen LogP contribution in [-0.4, -0.2) is 9.55 Å². The van der Waals surface area contributed by atoms with Crippen LogP contribution >= 0.6 is 11.6 Å². The first-order chi connectivity index (χ1) is 8.13. The lowest BCUT2D eigenvalue weighted by Gasteiger charge is -2.12. The fourth-order valence-electron chi connectivity index (χ4n) is 2.37. The number of imidazole rings is 1. The van der Waals surface area contributed by atoms with Crippen LogP contribution in [0.2, 0.25) is 0 Å². The maximum absolute atomic E-state index is 6.02. The second-order valence-corrected chi connectivity index (χ2v) is 5.77. The van der Waals surface area contributed by atoms with Crippen LogP contribution in [0.1, 0.15) is 31.2 Å². The van der Waals surface area contributed by atoms with Gasteiger partial charge in [-0.2, -0.15) is 0 Å². The van der Waals surface area contributed by atoms with Crippen molar-refractivity contribution in [2.75, 3.05) is 0 Å². The minimum absolute atomic E-state index is 0.470. The standard InChI is InChI=1S/C14H17ClN2/c1-10-4-3-5-11-13(10)16-12(8-15)17(11)9-14(2)6-7-14/h3-5H,6-9H2,1-2H3. The summed E-state index contributed by atoms with van der Waals surface area (Å²) in [5.74, 6) is 1.49. The molecule has 1 heterocycles. The number of hydrogen-bond acceptors (Lipinski definition) is 1. The Morgan fingerprint density at radius 2 is 2.18 bits per heavy atom. The SMILES string of the molecule is Cc1cccc2c1nc(CCl)n2CC1(C)CC1.